The first-order valence-electron chi connectivity index (χ1n) is 6.02. The Hall–Kier alpha value is -1.61. The van der Waals surface area contributed by atoms with Crippen LogP contribution >= 0.6 is 0 Å². The first-order chi connectivity index (χ1) is 8.27. The Morgan fingerprint density at radius 2 is 2.06 bits per heavy atom. The molecule has 0 aliphatic rings. The summed E-state index contributed by atoms with van der Waals surface area (Å²) in [7, 11) is 2.03. The Morgan fingerprint density at radius 3 is 2.71 bits per heavy atom. The molecular formula is C14H19N3. The molecule has 3 heteroatoms. The number of aromatic nitrogens is 2. The van der Waals surface area contributed by atoms with Crippen molar-refractivity contribution in [3.8, 4) is 0 Å². The molecule has 90 valence electrons. The molecule has 2 aromatic rings. The molecule has 1 N–H and O–H groups in total. The van der Waals surface area contributed by atoms with Gasteiger partial charge in [-0.3, -0.25) is 0 Å². The summed E-state index contributed by atoms with van der Waals surface area (Å²) in [6.45, 7) is 3.13. The summed E-state index contributed by atoms with van der Waals surface area (Å²) in [5.74, 6) is 1.12. The van der Waals surface area contributed by atoms with Gasteiger partial charge in [-0.25, -0.2) is 4.98 Å². The summed E-state index contributed by atoms with van der Waals surface area (Å²) in [6, 6.07) is 10.9. The van der Waals surface area contributed by atoms with Crippen LogP contribution in [-0.2, 0) is 13.5 Å². The maximum Gasteiger partial charge on any atom is 0.109 e. The third kappa shape index (κ3) is 3.17. The molecule has 0 aliphatic carbocycles. The lowest BCUT2D eigenvalue weighted by Gasteiger charge is -2.13. The van der Waals surface area contributed by atoms with Crippen LogP contribution < -0.4 is 5.32 Å². The summed E-state index contributed by atoms with van der Waals surface area (Å²) in [5.41, 5.74) is 1.33. The summed E-state index contributed by atoms with van der Waals surface area (Å²) in [4.78, 5) is 4.31. The Bertz CT molecular complexity index is 448. The zero-order valence-corrected chi connectivity index (χ0v) is 10.4. The van der Waals surface area contributed by atoms with E-state index in [1.165, 1.54) is 5.56 Å². The second-order valence-corrected chi connectivity index (χ2v) is 4.29. The van der Waals surface area contributed by atoms with E-state index in [0.29, 0.717) is 6.04 Å². The average molecular weight is 229 g/mol. The van der Waals surface area contributed by atoms with Crippen molar-refractivity contribution in [1.82, 2.24) is 14.9 Å². The molecule has 0 unspecified atom stereocenters. The van der Waals surface area contributed by atoms with Crippen molar-refractivity contribution in [2.75, 3.05) is 6.54 Å². The third-order valence-electron chi connectivity index (χ3n) is 3.02. The fraction of sp³-hybridized carbons (Fsp3) is 0.357. The molecule has 0 fully saturated rings. The number of hydrogen-bond acceptors (Lipinski definition) is 2. The number of benzene rings is 1. The fourth-order valence-corrected chi connectivity index (χ4v) is 1.90. The highest BCUT2D eigenvalue weighted by molar-refractivity contribution is 5.18. The molecular weight excluding hydrogens is 210 g/mol. The standard InChI is InChI=1S/C14H19N3/c1-12(13-6-4-3-5-7-13)15-9-8-14-16-10-11-17(14)2/h3-7,10-12,15H,8-9H2,1-2H3/t12-/m0/s1. The van der Waals surface area contributed by atoms with Crippen molar-refractivity contribution < 1.29 is 0 Å². The monoisotopic (exact) mass is 229 g/mol. The number of nitrogens with one attached hydrogen (secondary N) is 1. The summed E-state index contributed by atoms with van der Waals surface area (Å²) >= 11 is 0. The lowest BCUT2D eigenvalue weighted by Crippen LogP contribution is -2.22. The van der Waals surface area contributed by atoms with Crippen LogP contribution in [-0.4, -0.2) is 16.1 Å². The summed E-state index contributed by atoms with van der Waals surface area (Å²) < 4.78 is 2.06. The highest BCUT2D eigenvalue weighted by Crippen LogP contribution is 2.10. The van der Waals surface area contributed by atoms with Gasteiger partial charge in [-0.1, -0.05) is 30.3 Å². The van der Waals surface area contributed by atoms with Crippen LogP contribution in [0, 0.1) is 0 Å². The molecule has 1 heterocycles. The minimum atomic E-state index is 0.386. The third-order valence-corrected chi connectivity index (χ3v) is 3.02. The van der Waals surface area contributed by atoms with Gasteiger partial charge in [0.1, 0.15) is 5.82 Å². The van der Waals surface area contributed by atoms with E-state index in [1.54, 1.807) is 0 Å². The van der Waals surface area contributed by atoms with Gasteiger partial charge in [-0.05, 0) is 12.5 Å². The molecule has 1 aromatic heterocycles. The van der Waals surface area contributed by atoms with E-state index in [9.17, 15) is 0 Å². The molecule has 17 heavy (non-hydrogen) atoms. The van der Waals surface area contributed by atoms with Crippen molar-refractivity contribution in [3.05, 3.63) is 54.1 Å². The predicted octanol–water partition coefficient (Wildman–Crippen LogP) is 2.31. The number of rotatable bonds is 5. The topological polar surface area (TPSA) is 29.9 Å². The van der Waals surface area contributed by atoms with Crippen LogP contribution in [0.25, 0.3) is 0 Å². The fourth-order valence-electron chi connectivity index (χ4n) is 1.90. The van der Waals surface area contributed by atoms with E-state index in [1.807, 2.05) is 25.5 Å². The van der Waals surface area contributed by atoms with Gasteiger partial charge < -0.3 is 9.88 Å². The van der Waals surface area contributed by atoms with Crippen LogP contribution in [0.4, 0.5) is 0 Å². The summed E-state index contributed by atoms with van der Waals surface area (Å²) in [5, 5.41) is 3.51. The lowest BCUT2D eigenvalue weighted by molar-refractivity contribution is 0.565. The van der Waals surface area contributed by atoms with E-state index in [2.05, 4.69) is 46.1 Å². The average Bonchev–Trinajstić information content (AvgIpc) is 2.76. The molecule has 0 radical (unpaired) electrons. The van der Waals surface area contributed by atoms with Gasteiger partial charge in [-0.15, -0.1) is 0 Å². The zero-order chi connectivity index (χ0) is 12.1. The van der Waals surface area contributed by atoms with E-state index in [-0.39, 0.29) is 0 Å². The SMILES string of the molecule is C[C@H](NCCc1nccn1C)c1ccccc1. The number of hydrogen-bond donors (Lipinski definition) is 1. The van der Waals surface area contributed by atoms with Crippen molar-refractivity contribution in [2.24, 2.45) is 7.05 Å². The normalized spacial score (nSPS) is 12.6. The van der Waals surface area contributed by atoms with Crippen LogP contribution in [0.15, 0.2) is 42.7 Å². The van der Waals surface area contributed by atoms with E-state index < -0.39 is 0 Å². The van der Waals surface area contributed by atoms with Gasteiger partial charge in [0.05, 0.1) is 0 Å². The smallest absolute Gasteiger partial charge is 0.109 e. The summed E-state index contributed by atoms with van der Waals surface area (Å²) in [6.07, 6.45) is 4.78. The van der Waals surface area contributed by atoms with Gasteiger partial charge in [0.15, 0.2) is 0 Å². The van der Waals surface area contributed by atoms with Gasteiger partial charge >= 0.3 is 0 Å². The molecule has 0 aliphatic heterocycles. The van der Waals surface area contributed by atoms with E-state index in [4.69, 9.17) is 0 Å². The highest BCUT2D eigenvalue weighted by Gasteiger charge is 2.04. The van der Waals surface area contributed by atoms with Crippen LogP contribution in [0.3, 0.4) is 0 Å². The van der Waals surface area contributed by atoms with Crippen LogP contribution in [0.2, 0.25) is 0 Å². The molecule has 0 spiro atoms. The molecule has 0 saturated carbocycles. The molecule has 0 bridgehead atoms. The maximum absolute atomic E-state index is 4.31. The Morgan fingerprint density at radius 1 is 1.29 bits per heavy atom. The second-order valence-electron chi connectivity index (χ2n) is 4.29. The molecule has 2 rings (SSSR count). The maximum atomic E-state index is 4.31. The molecule has 0 amide bonds. The zero-order valence-electron chi connectivity index (χ0n) is 10.4. The van der Waals surface area contributed by atoms with Crippen LogP contribution in [0.1, 0.15) is 24.4 Å². The van der Waals surface area contributed by atoms with Gasteiger partial charge in [0, 0.05) is 38.4 Å². The van der Waals surface area contributed by atoms with Gasteiger partial charge in [0.25, 0.3) is 0 Å². The van der Waals surface area contributed by atoms with Crippen molar-refractivity contribution >= 4 is 0 Å². The largest absolute Gasteiger partial charge is 0.338 e. The molecule has 1 atom stereocenters. The quantitative estimate of drug-likeness (QED) is 0.852. The lowest BCUT2D eigenvalue weighted by atomic mass is 10.1. The first kappa shape index (κ1) is 11.9. The Balaban J connectivity index is 1.81. The van der Waals surface area contributed by atoms with E-state index in [0.717, 1.165) is 18.8 Å². The van der Waals surface area contributed by atoms with Crippen LogP contribution in [0.5, 0.6) is 0 Å². The molecule has 1 aromatic carbocycles. The highest BCUT2D eigenvalue weighted by atomic mass is 15.0. The van der Waals surface area contributed by atoms with Gasteiger partial charge in [0.2, 0.25) is 0 Å². The second kappa shape index (κ2) is 5.64. The number of nitrogens with zero attached hydrogens (tertiary/aromatic N) is 2. The predicted molar refractivity (Wildman–Crippen MR) is 69.8 cm³/mol. The number of imidazole rings is 1. The molecule has 3 nitrogen and oxygen atoms in total. The first-order valence-corrected chi connectivity index (χ1v) is 6.02. The van der Waals surface area contributed by atoms with Gasteiger partial charge in [-0.2, -0.15) is 0 Å². The van der Waals surface area contributed by atoms with E-state index >= 15 is 0 Å². The van der Waals surface area contributed by atoms with Crippen molar-refractivity contribution in [3.63, 3.8) is 0 Å². The minimum Gasteiger partial charge on any atom is -0.338 e. The van der Waals surface area contributed by atoms with Crippen molar-refractivity contribution in [2.45, 2.75) is 19.4 Å². The van der Waals surface area contributed by atoms with Crippen molar-refractivity contribution in [1.29, 1.82) is 0 Å². The minimum absolute atomic E-state index is 0.386. The Labute approximate surface area is 103 Å². The number of aryl methyl sites for hydroxylation is 1. The Kier molecular flexibility index (Phi) is 3.94. The molecule has 0 saturated heterocycles.